The van der Waals surface area contributed by atoms with Gasteiger partial charge in [-0.1, -0.05) is 15.9 Å². The normalized spacial score (nSPS) is 11.0. The van der Waals surface area contributed by atoms with Crippen LogP contribution >= 0.6 is 15.9 Å². The van der Waals surface area contributed by atoms with Gasteiger partial charge in [0.15, 0.2) is 0 Å². The molecule has 2 rings (SSSR count). The van der Waals surface area contributed by atoms with Crippen LogP contribution in [0.3, 0.4) is 0 Å². The Morgan fingerprint density at radius 2 is 1.67 bits per heavy atom. The summed E-state index contributed by atoms with van der Waals surface area (Å²) in [6, 6.07) is 7.13. The number of aryl methyl sites for hydroxylation is 1. The maximum atomic E-state index is 12.4. The average Bonchev–Trinajstić information content (AvgIpc) is 2.48. The molecule has 5 nitrogen and oxygen atoms in total. The van der Waals surface area contributed by atoms with E-state index in [2.05, 4.69) is 31.5 Å². The highest BCUT2D eigenvalue weighted by atomic mass is 79.9. The number of halogens is 1. The van der Waals surface area contributed by atoms with Gasteiger partial charge in [-0.15, -0.1) is 0 Å². The Hall–Kier alpha value is -2.21. The molecule has 2 aromatic rings. The van der Waals surface area contributed by atoms with E-state index in [4.69, 9.17) is 0 Å². The van der Waals surface area contributed by atoms with E-state index >= 15 is 0 Å². The van der Waals surface area contributed by atoms with Crippen LogP contribution in [0.4, 0.5) is 5.69 Å². The third-order valence-electron chi connectivity index (χ3n) is 3.19. The molecule has 0 unspecified atom stereocenters. The molecule has 0 atom stereocenters. The standard InChI is InChI=1S/C18H20BrN3O2/c1-11-7-14(19)5-6-15(11)21-16(23)12-8-13(10-20-9-12)17(24)22-18(2,3)4/h5-10H,1-4H3,(H,21,23)(H,22,24). The number of benzene rings is 1. The lowest BCUT2D eigenvalue weighted by Crippen LogP contribution is -2.40. The third-order valence-corrected chi connectivity index (χ3v) is 3.68. The van der Waals surface area contributed by atoms with Crippen LogP contribution in [0.25, 0.3) is 0 Å². The number of carbonyl (C=O) groups is 2. The van der Waals surface area contributed by atoms with Gasteiger partial charge < -0.3 is 10.6 Å². The number of amides is 2. The summed E-state index contributed by atoms with van der Waals surface area (Å²) in [5.74, 6) is -0.567. The highest BCUT2D eigenvalue weighted by Crippen LogP contribution is 2.20. The van der Waals surface area contributed by atoms with Crippen LogP contribution in [-0.4, -0.2) is 22.3 Å². The first-order valence-corrected chi connectivity index (χ1v) is 8.30. The predicted octanol–water partition coefficient (Wildman–Crippen LogP) is 3.93. The first-order valence-electron chi connectivity index (χ1n) is 7.51. The summed E-state index contributed by atoms with van der Waals surface area (Å²) < 4.78 is 0.945. The van der Waals surface area contributed by atoms with Crippen molar-refractivity contribution in [3.05, 3.63) is 57.8 Å². The van der Waals surface area contributed by atoms with Crippen molar-refractivity contribution in [3.8, 4) is 0 Å². The highest BCUT2D eigenvalue weighted by Gasteiger charge is 2.17. The van der Waals surface area contributed by atoms with Crippen molar-refractivity contribution in [2.75, 3.05) is 5.32 Å². The minimum Gasteiger partial charge on any atom is -0.347 e. The van der Waals surface area contributed by atoms with E-state index in [1.165, 1.54) is 18.5 Å². The van der Waals surface area contributed by atoms with Crippen LogP contribution in [0.15, 0.2) is 41.1 Å². The number of carbonyl (C=O) groups excluding carboxylic acids is 2. The third kappa shape index (κ3) is 4.89. The van der Waals surface area contributed by atoms with E-state index in [0.29, 0.717) is 16.8 Å². The van der Waals surface area contributed by atoms with Gasteiger partial charge in [-0.25, -0.2) is 0 Å². The van der Waals surface area contributed by atoms with Crippen LogP contribution in [0, 0.1) is 6.92 Å². The minimum atomic E-state index is -0.357. The Kier molecular flexibility index (Phi) is 5.39. The molecule has 0 bridgehead atoms. The molecule has 0 aliphatic carbocycles. The second-order valence-corrected chi connectivity index (χ2v) is 7.50. The number of hydrogen-bond donors (Lipinski definition) is 2. The maximum Gasteiger partial charge on any atom is 0.257 e. The molecule has 0 spiro atoms. The molecule has 1 aromatic heterocycles. The van der Waals surface area contributed by atoms with E-state index in [9.17, 15) is 9.59 Å². The number of nitrogens with zero attached hydrogens (tertiary/aromatic N) is 1. The zero-order valence-corrected chi connectivity index (χ0v) is 15.7. The second-order valence-electron chi connectivity index (χ2n) is 6.58. The lowest BCUT2D eigenvalue weighted by molar-refractivity contribution is 0.0919. The Bertz CT molecular complexity index is 782. The molecular formula is C18H20BrN3O2. The van der Waals surface area contributed by atoms with Crippen LogP contribution < -0.4 is 10.6 Å². The van der Waals surface area contributed by atoms with E-state index < -0.39 is 0 Å². The molecule has 0 radical (unpaired) electrons. The van der Waals surface area contributed by atoms with Crippen molar-refractivity contribution in [1.29, 1.82) is 0 Å². The SMILES string of the molecule is Cc1cc(Br)ccc1NC(=O)c1cncc(C(=O)NC(C)(C)C)c1. The van der Waals surface area contributed by atoms with Gasteiger partial charge >= 0.3 is 0 Å². The molecule has 2 amide bonds. The van der Waals surface area contributed by atoms with Gasteiger partial charge in [-0.3, -0.25) is 14.6 Å². The molecule has 1 heterocycles. The summed E-state index contributed by atoms with van der Waals surface area (Å²) in [6.45, 7) is 7.59. The number of pyridine rings is 1. The van der Waals surface area contributed by atoms with Crippen molar-refractivity contribution in [3.63, 3.8) is 0 Å². The number of aromatic nitrogens is 1. The first-order chi connectivity index (χ1) is 11.2. The van der Waals surface area contributed by atoms with Crippen LogP contribution in [0.2, 0.25) is 0 Å². The van der Waals surface area contributed by atoms with Crippen LogP contribution in [-0.2, 0) is 0 Å². The van der Waals surface area contributed by atoms with E-state index in [1.807, 2.05) is 45.9 Å². The molecule has 0 aliphatic heterocycles. The second kappa shape index (κ2) is 7.13. The fourth-order valence-electron chi connectivity index (χ4n) is 2.06. The highest BCUT2D eigenvalue weighted by molar-refractivity contribution is 9.10. The first kappa shape index (κ1) is 18.1. The van der Waals surface area contributed by atoms with Crippen molar-refractivity contribution in [2.24, 2.45) is 0 Å². The molecule has 126 valence electrons. The summed E-state index contributed by atoms with van der Waals surface area (Å²) >= 11 is 3.39. The summed E-state index contributed by atoms with van der Waals surface area (Å²) in [4.78, 5) is 28.6. The Morgan fingerprint density at radius 3 is 2.25 bits per heavy atom. The lowest BCUT2D eigenvalue weighted by Gasteiger charge is -2.20. The lowest BCUT2D eigenvalue weighted by atomic mass is 10.1. The number of hydrogen-bond acceptors (Lipinski definition) is 3. The Morgan fingerprint density at radius 1 is 1.04 bits per heavy atom. The molecule has 0 aliphatic rings. The maximum absolute atomic E-state index is 12.4. The molecule has 0 saturated heterocycles. The van der Waals surface area contributed by atoms with Crippen LogP contribution in [0.5, 0.6) is 0 Å². The zero-order valence-electron chi connectivity index (χ0n) is 14.1. The summed E-state index contributed by atoms with van der Waals surface area (Å²) in [7, 11) is 0. The van der Waals surface area contributed by atoms with Crippen molar-refractivity contribution >= 4 is 33.4 Å². The van der Waals surface area contributed by atoms with Gasteiger partial charge in [0.05, 0.1) is 11.1 Å². The Balaban J connectivity index is 2.18. The molecule has 1 aromatic carbocycles. The van der Waals surface area contributed by atoms with Crippen molar-refractivity contribution < 1.29 is 9.59 Å². The summed E-state index contributed by atoms with van der Waals surface area (Å²) in [6.07, 6.45) is 2.89. The number of anilines is 1. The van der Waals surface area contributed by atoms with Crippen molar-refractivity contribution in [1.82, 2.24) is 10.3 Å². The molecule has 6 heteroatoms. The molecule has 2 N–H and O–H groups in total. The summed E-state index contributed by atoms with van der Waals surface area (Å²) in [5.41, 5.74) is 1.98. The number of rotatable bonds is 3. The molecular weight excluding hydrogens is 370 g/mol. The van der Waals surface area contributed by atoms with Gasteiger partial charge in [-0.2, -0.15) is 0 Å². The largest absolute Gasteiger partial charge is 0.347 e. The van der Waals surface area contributed by atoms with Crippen molar-refractivity contribution in [2.45, 2.75) is 33.2 Å². The van der Waals surface area contributed by atoms with Gasteiger partial charge in [0.2, 0.25) is 0 Å². The Labute approximate surface area is 150 Å². The van der Waals surface area contributed by atoms with Gasteiger partial charge in [0, 0.05) is 28.1 Å². The fourth-order valence-corrected chi connectivity index (χ4v) is 2.54. The zero-order chi connectivity index (χ0) is 17.9. The van der Waals surface area contributed by atoms with Gasteiger partial charge in [0.1, 0.15) is 0 Å². The van der Waals surface area contributed by atoms with Crippen LogP contribution in [0.1, 0.15) is 47.1 Å². The average molecular weight is 390 g/mol. The summed E-state index contributed by atoms with van der Waals surface area (Å²) in [5, 5.41) is 5.69. The quantitative estimate of drug-likeness (QED) is 0.834. The molecule has 0 fully saturated rings. The minimum absolute atomic E-state index is 0.260. The predicted molar refractivity (Wildman–Crippen MR) is 98.3 cm³/mol. The van der Waals surface area contributed by atoms with E-state index in [0.717, 1.165) is 10.0 Å². The smallest absolute Gasteiger partial charge is 0.257 e. The van der Waals surface area contributed by atoms with Gasteiger partial charge in [0.25, 0.3) is 11.8 Å². The molecule has 24 heavy (non-hydrogen) atoms. The molecule has 0 saturated carbocycles. The van der Waals surface area contributed by atoms with Gasteiger partial charge in [-0.05, 0) is 57.5 Å². The van der Waals surface area contributed by atoms with E-state index in [1.54, 1.807) is 0 Å². The van der Waals surface area contributed by atoms with E-state index in [-0.39, 0.29) is 17.4 Å². The topological polar surface area (TPSA) is 71.1 Å². The number of nitrogens with one attached hydrogen (secondary N) is 2. The monoisotopic (exact) mass is 389 g/mol. The fraction of sp³-hybridized carbons (Fsp3) is 0.278.